The smallest absolute Gasteiger partial charge is 0.209 e. The third kappa shape index (κ3) is 3.08. The molecule has 6 nitrogen and oxygen atoms in total. The molecular weight excluding hydrogens is 286 g/mol. The van der Waals surface area contributed by atoms with E-state index in [1.807, 2.05) is 44.2 Å². The number of thioether (sulfide) groups is 1. The van der Waals surface area contributed by atoms with E-state index in [0.717, 1.165) is 17.0 Å². The summed E-state index contributed by atoms with van der Waals surface area (Å²) in [6, 6.07) is 10.1. The Kier molecular flexibility index (Phi) is 3.92. The van der Waals surface area contributed by atoms with E-state index in [1.165, 1.54) is 0 Å². The van der Waals surface area contributed by atoms with Crippen LogP contribution >= 0.6 is 11.8 Å². The minimum absolute atomic E-state index is 0.620. The van der Waals surface area contributed by atoms with E-state index in [2.05, 4.69) is 30.1 Å². The first-order valence-electron chi connectivity index (χ1n) is 6.41. The van der Waals surface area contributed by atoms with Crippen LogP contribution in [0.2, 0.25) is 0 Å². The molecule has 0 fully saturated rings. The van der Waals surface area contributed by atoms with E-state index in [0.29, 0.717) is 22.3 Å². The van der Waals surface area contributed by atoms with Crippen LogP contribution in [0.25, 0.3) is 0 Å². The Labute approximate surface area is 126 Å². The predicted octanol–water partition coefficient (Wildman–Crippen LogP) is 2.69. The summed E-state index contributed by atoms with van der Waals surface area (Å²) in [5.74, 6) is 0.807. The highest BCUT2D eigenvalue weighted by atomic mass is 32.2. The zero-order chi connectivity index (χ0) is 14.7. The summed E-state index contributed by atoms with van der Waals surface area (Å²) in [6.45, 7) is 3.63. The highest BCUT2D eigenvalue weighted by molar-refractivity contribution is 8.15. The number of aliphatic imine (C=N–C) groups is 1. The average molecular weight is 299 g/mol. The summed E-state index contributed by atoms with van der Waals surface area (Å²) in [5.41, 5.74) is 4.11. The van der Waals surface area contributed by atoms with Crippen molar-refractivity contribution in [3.8, 4) is 0 Å². The molecule has 0 N–H and O–H groups in total. The van der Waals surface area contributed by atoms with E-state index in [1.54, 1.807) is 11.8 Å². The van der Waals surface area contributed by atoms with Crippen molar-refractivity contribution in [3.05, 3.63) is 47.3 Å². The minimum Gasteiger partial charge on any atom is -0.244 e. The molecule has 2 aromatic rings. The largest absolute Gasteiger partial charge is 0.244 e. The van der Waals surface area contributed by atoms with E-state index < -0.39 is 0 Å². The van der Waals surface area contributed by atoms with Gasteiger partial charge in [-0.1, -0.05) is 47.3 Å². The molecule has 106 valence electrons. The number of nitrogens with zero attached hydrogens (tertiary/aromatic N) is 5. The van der Waals surface area contributed by atoms with Crippen molar-refractivity contribution in [2.45, 2.75) is 13.8 Å². The molecule has 0 aliphatic carbocycles. The van der Waals surface area contributed by atoms with Gasteiger partial charge in [-0.3, -0.25) is 0 Å². The molecule has 1 aliphatic heterocycles. The van der Waals surface area contributed by atoms with Crippen molar-refractivity contribution in [3.63, 3.8) is 0 Å². The summed E-state index contributed by atoms with van der Waals surface area (Å²) in [5, 5.41) is 16.5. The Bertz CT molecular complexity index is 733. The molecular formula is C14H13N5OS. The Morgan fingerprint density at radius 1 is 1.24 bits per heavy atom. The van der Waals surface area contributed by atoms with Gasteiger partial charge in [0.25, 0.3) is 0 Å². The third-order valence-corrected chi connectivity index (χ3v) is 3.81. The average Bonchev–Trinajstić information content (AvgIpc) is 3.15. The Hall–Kier alpha value is -2.28. The quantitative estimate of drug-likeness (QED) is 0.645. The second-order valence-electron chi connectivity index (χ2n) is 4.48. The van der Waals surface area contributed by atoms with Crippen molar-refractivity contribution < 1.29 is 4.63 Å². The Morgan fingerprint density at radius 3 is 2.76 bits per heavy atom. The molecule has 21 heavy (non-hydrogen) atoms. The van der Waals surface area contributed by atoms with Gasteiger partial charge in [0.2, 0.25) is 5.17 Å². The van der Waals surface area contributed by atoms with E-state index in [9.17, 15) is 0 Å². The zero-order valence-electron chi connectivity index (χ0n) is 11.6. The zero-order valence-corrected chi connectivity index (χ0v) is 12.5. The molecule has 0 atom stereocenters. The molecule has 0 saturated heterocycles. The highest BCUT2D eigenvalue weighted by Gasteiger charge is 2.15. The summed E-state index contributed by atoms with van der Waals surface area (Å²) in [7, 11) is 0. The first kappa shape index (κ1) is 13.7. The monoisotopic (exact) mass is 299 g/mol. The Balaban J connectivity index is 1.80. The standard InChI is InChI=1S/C14H13N5OS/c1-9(13-10(2)18-20-19-13)16-17-14-15-12(8-21-14)11-6-4-3-5-7-11/h3-7H,8H2,1-2H3/b16-9+,17-14-. The minimum atomic E-state index is 0.620. The predicted molar refractivity (Wildman–Crippen MR) is 84.1 cm³/mol. The number of hydrogen-bond acceptors (Lipinski definition) is 6. The fraction of sp³-hybridized carbons (Fsp3) is 0.214. The van der Waals surface area contributed by atoms with Crippen LogP contribution in [-0.4, -0.2) is 32.7 Å². The fourth-order valence-corrected chi connectivity index (χ4v) is 2.64. The Morgan fingerprint density at radius 2 is 2.05 bits per heavy atom. The van der Waals surface area contributed by atoms with Gasteiger partial charge in [-0.25, -0.2) is 9.62 Å². The van der Waals surface area contributed by atoms with Gasteiger partial charge in [-0.05, 0) is 24.6 Å². The van der Waals surface area contributed by atoms with Gasteiger partial charge in [0, 0.05) is 5.75 Å². The lowest BCUT2D eigenvalue weighted by Gasteiger charge is -1.96. The third-order valence-electron chi connectivity index (χ3n) is 2.96. The summed E-state index contributed by atoms with van der Waals surface area (Å²) in [6.07, 6.45) is 0. The molecule has 0 spiro atoms. The van der Waals surface area contributed by atoms with Gasteiger partial charge in [-0.15, -0.1) is 5.10 Å². The molecule has 1 aliphatic rings. The highest BCUT2D eigenvalue weighted by Crippen LogP contribution is 2.19. The van der Waals surface area contributed by atoms with Crippen LogP contribution in [-0.2, 0) is 0 Å². The van der Waals surface area contributed by atoms with Crippen molar-refractivity contribution in [1.29, 1.82) is 0 Å². The number of rotatable bonds is 3. The molecule has 2 heterocycles. The fourth-order valence-electron chi connectivity index (χ4n) is 1.87. The van der Waals surface area contributed by atoms with Crippen LogP contribution in [0.15, 0.2) is 50.2 Å². The van der Waals surface area contributed by atoms with Crippen LogP contribution in [0.5, 0.6) is 0 Å². The molecule has 0 amide bonds. The normalized spacial score (nSPS) is 17.3. The molecule has 0 bridgehead atoms. The van der Waals surface area contributed by atoms with Crippen LogP contribution < -0.4 is 0 Å². The van der Waals surface area contributed by atoms with Crippen LogP contribution in [0.3, 0.4) is 0 Å². The lowest BCUT2D eigenvalue weighted by Crippen LogP contribution is -1.98. The van der Waals surface area contributed by atoms with Crippen molar-refractivity contribution in [2.24, 2.45) is 15.2 Å². The molecule has 0 radical (unpaired) electrons. The van der Waals surface area contributed by atoms with Crippen LogP contribution in [0.1, 0.15) is 23.9 Å². The first-order chi connectivity index (χ1) is 10.2. The maximum absolute atomic E-state index is 4.65. The maximum atomic E-state index is 4.65. The SMILES string of the molecule is C/C(=N\N=C1\N=C(c2ccccc2)CS1)c1nonc1C. The van der Waals surface area contributed by atoms with Gasteiger partial charge in [0.1, 0.15) is 5.69 Å². The van der Waals surface area contributed by atoms with Crippen LogP contribution in [0, 0.1) is 6.92 Å². The van der Waals surface area contributed by atoms with Gasteiger partial charge in [0.15, 0.2) is 5.69 Å². The van der Waals surface area contributed by atoms with Crippen LogP contribution in [0.4, 0.5) is 0 Å². The molecule has 1 aromatic heterocycles. The summed E-state index contributed by atoms with van der Waals surface area (Å²) < 4.78 is 4.65. The summed E-state index contributed by atoms with van der Waals surface area (Å²) in [4.78, 5) is 4.50. The van der Waals surface area contributed by atoms with E-state index in [4.69, 9.17) is 0 Å². The molecule has 7 heteroatoms. The van der Waals surface area contributed by atoms with Gasteiger partial charge >= 0.3 is 0 Å². The number of aromatic nitrogens is 2. The van der Waals surface area contributed by atoms with Crippen molar-refractivity contribution in [1.82, 2.24) is 10.3 Å². The van der Waals surface area contributed by atoms with E-state index >= 15 is 0 Å². The lowest BCUT2D eigenvalue weighted by atomic mass is 10.1. The molecule has 1 aromatic carbocycles. The number of benzene rings is 1. The number of hydrogen-bond donors (Lipinski definition) is 0. The molecule has 0 saturated carbocycles. The van der Waals surface area contributed by atoms with Crippen molar-refractivity contribution in [2.75, 3.05) is 5.75 Å². The van der Waals surface area contributed by atoms with Gasteiger partial charge < -0.3 is 0 Å². The lowest BCUT2D eigenvalue weighted by molar-refractivity contribution is 0.304. The molecule has 0 unspecified atom stereocenters. The van der Waals surface area contributed by atoms with E-state index in [-0.39, 0.29) is 0 Å². The van der Waals surface area contributed by atoms with Gasteiger partial charge in [0.05, 0.1) is 11.4 Å². The number of aryl methyl sites for hydroxylation is 1. The van der Waals surface area contributed by atoms with Gasteiger partial charge in [-0.2, -0.15) is 5.10 Å². The molecule has 3 rings (SSSR count). The second kappa shape index (κ2) is 6.01. The van der Waals surface area contributed by atoms with Crippen molar-refractivity contribution >= 4 is 28.4 Å². The number of amidine groups is 1. The second-order valence-corrected chi connectivity index (χ2v) is 5.42. The first-order valence-corrected chi connectivity index (χ1v) is 7.40. The summed E-state index contributed by atoms with van der Waals surface area (Å²) >= 11 is 1.57. The topological polar surface area (TPSA) is 76.0 Å². The maximum Gasteiger partial charge on any atom is 0.209 e.